The summed E-state index contributed by atoms with van der Waals surface area (Å²) in [6.07, 6.45) is 33.7. The summed E-state index contributed by atoms with van der Waals surface area (Å²) in [4.78, 5) is 12.4. The Hall–Kier alpha value is -0.810. The van der Waals surface area contributed by atoms with Crippen LogP contribution in [0.4, 0.5) is 4.79 Å². The summed E-state index contributed by atoms with van der Waals surface area (Å²) in [7, 11) is 1.67. The second-order valence-electron chi connectivity index (χ2n) is 11.9. The molecule has 0 aliphatic heterocycles. The van der Waals surface area contributed by atoms with Crippen LogP contribution in [0.15, 0.2) is 0 Å². The quantitative estimate of drug-likeness (QED) is 0.0778. The number of methoxy groups -OCH3 is 1. The number of hydrogen-bond acceptors (Lipinski definition) is 4. The van der Waals surface area contributed by atoms with Crippen molar-refractivity contribution in [3.63, 3.8) is 0 Å². The molecule has 1 unspecified atom stereocenters. The summed E-state index contributed by atoms with van der Waals surface area (Å²) in [6, 6.07) is 0. The molecule has 0 aromatic heterocycles. The number of alkyl carbamates (subject to hydrolysis) is 1. The van der Waals surface area contributed by atoms with E-state index >= 15 is 0 Å². The minimum atomic E-state index is -0.262. The van der Waals surface area contributed by atoms with E-state index in [0.29, 0.717) is 26.4 Å². The van der Waals surface area contributed by atoms with Crippen LogP contribution in [0.3, 0.4) is 0 Å². The van der Waals surface area contributed by atoms with Crippen LogP contribution in [-0.4, -0.2) is 45.7 Å². The average Bonchev–Trinajstić information content (AvgIpc) is 2.95. The zero-order chi connectivity index (χ0) is 29.2. The first kappa shape index (κ1) is 42.3. The molecule has 0 heterocycles. The van der Waals surface area contributed by atoms with Gasteiger partial charge < -0.3 is 19.5 Å². The van der Waals surface area contributed by atoms with E-state index in [2.05, 4.69) is 19.2 Å². The Labute approximate surface area is 258 Å². The van der Waals surface area contributed by atoms with Crippen molar-refractivity contribution in [3.8, 4) is 0 Å². The smallest absolute Gasteiger partial charge is 0.407 e. The Bertz CT molecular complexity index is 488. The lowest BCUT2D eigenvalue weighted by molar-refractivity contribution is 0.0670. The fraction of sp³-hybridized carbons (Fsp3) is 0.972. The molecule has 0 spiro atoms. The Morgan fingerprint density at radius 3 is 1.32 bits per heavy atom. The zero-order valence-electron chi connectivity index (χ0n) is 27.4. The van der Waals surface area contributed by atoms with Gasteiger partial charge in [0, 0.05) is 20.3 Å². The van der Waals surface area contributed by atoms with Gasteiger partial charge in [0.05, 0.1) is 13.2 Å². The highest BCUT2D eigenvalue weighted by atomic mass is 16.6. The molecule has 0 aromatic rings. The lowest BCUT2D eigenvalue weighted by Crippen LogP contribution is -2.30. The van der Waals surface area contributed by atoms with Gasteiger partial charge in [-0.3, -0.25) is 0 Å². The number of carbonyl (C=O) groups is 1. The largest absolute Gasteiger partial charge is 0.446 e. The van der Waals surface area contributed by atoms with Crippen molar-refractivity contribution in [2.75, 3.05) is 33.5 Å². The molecule has 41 heavy (non-hydrogen) atoms. The molecule has 0 fully saturated rings. The van der Waals surface area contributed by atoms with Crippen molar-refractivity contribution in [2.45, 2.75) is 194 Å². The molecule has 0 aliphatic carbocycles. The molecule has 0 bridgehead atoms. The molecule has 0 aliphatic rings. The van der Waals surface area contributed by atoms with E-state index < -0.39 is 0 Å². The molecule has 1 atom stereocenters. The fourth-order valence-corrected chi connectivity index (χ4v) is 5.31. The van der Waals surface area contributed by atoms with Gasteiger partial charge in [0.25, 0.3) is 0 Å². The highest BCUT2D eigenvalue weighted by Crippen LogP contribution is 2.18. The van der Waals surface area contributed by atoms with E-state index in [1.54, 1.807) is 7.11 Å². The Kier molecular flexibility index (Phi) is 38.4. The van der Waals surface area contributed by atoms with Crippen LogP contribution in [0.2, 0.25) is 0 Å². The van der Waals surface area contributed by atoms with Gasteiger partial charge in [-0.1, -0.05) is 156 Å². The minimum Gasteiger partial charge on any atom is -0.446 e. The third-order valence-electron chi connectivity index (χ3n) is 7.95. The van der Waals surface area contributed by atoms with Crippen LogP contribution in [0.1, 0.15) is 188 Å². The summed E-state index contributed by atoms with van der Waals surface area (Å²) in [5.41, 5.74) is 0. The molecule has 0 rings (SSSR count). The summed E-state index contributed by atoms with van der Waals surface area (Å²) in [5, 5.41) is 2.92. The summed E-state index contributed by atoms with van der Waals surface area (Å²) >= 11 is 0. The maximum Gasteiger partial charge on any atom is 0.407 e. The van der Waals surface area contributed by atoms with E-state index in [0.717, 1.165) is 25.7 Å². The highest BCUT2D eigenvalue weighted by Gasteiger charge is 2.14. The van der Waals surface area contributed by atoms with Gasteiger partial charge >= 0.3 is 6.09 Å². The maximum atomic E-state index is 12.4. The molecule has 5 heteroatoms. The first-order valence-electron chi connectivity index (χ1n) is 17.8. The fourth-order valence-electron chi connectivity index (χ4n) is 5.31. The predicted molar refractivity (Wildman–Crippen MR) is 179 cm³/mol. The second-order valence-corrected chi connectivity index (χ2v) is 11.9. The molecule has 5 nitrogen and oxygen atoms in total. The third-order valence-corrected chi connectivity index (χ3v) is 7.95. The van der Waals surface area contributed by atoms with Crippen LogP contribution >= 0.6 is 0 Å². The van der Waals surface area contributed by atoms with Crippen LogP contribution in [0, 0.1) is 0 Å². The van der Waals surface area contributed by atoms with Gasteiger partial charge in [0.1, 0.15) is 6.10 Å². The van der Waals surface area contributed by atoms with Gasteiger partial charge in [0.15, 0.2) is 0 Å². The van der Waals surface area contributed by atoms with Crippen LogP contribution in [0.5, 0.6) is 0 Å². The standard InChI is InChI=1S/C35H71NO4.CH4/c1-4-6-8-10-12-14-15-16-17-18-19-20-22-24-26-29-34(28-25-23-21-13-11-9-7-5-2)40-35(37)36-30-27-31-39-33-32-38-3;/h34H,4-33H2,1-3H3,(H,36,37);1H4. The zero-order valence-corrected chi connectivity index (χ0v) is 27.4. The van der Waals surface area contributed by atoms with Gasteiger partial charge in [-0.25, -0.2) is 4.79 Å². The van der Waals surface area contributed by atoms with Crippen molar-refractivity contribution in [1.82, 2.24) is 5.32 Å². The van der Waals surface area contributed by atoms with Crippen molar-refractivity contribution < 1.29 is 19.0 Å². The summed E-state index contributed by atoms with van der Waals surface area (Å²) in [5.74, 6) is 0. The van der Waals surface area contributed by atoms with Crippen molar-refractivity contribution >= 4 is 6.09 Å². The molecule has 0 saturated heterocycles. The van der Waals surface area contributed by atoms with E-state index in [1.165, 1.54) is 141 Å². The number of carbonyl (C=O) groups excluding carboxylic acids is 1. The van der Waals surface area contributed by atoms with Gasteiger partial charge in [-0.05, 0) is 32.1 Å². The number of rotatable bonds is 33. The van der Waals surface area contributed by atoms with E-state index in [-0.39, 0.29) is 19.6 Å². The molecule has 0 saturated carbocycles. The highest BCUT2D eigenvalue weighted by molar-refractivity contribution is 5.67. The number of amides is 1. The Morgan fingerprint density at radius 2 is 0.927 bits per heavy atom. The maximum absolute atomic E-state index is 12.4. The van der Waals surface area contributed by atoms with E-state index in [4.69, 9.17) is 14.2 Å². The lowest BCUT2D eigenvalue weighted by atomic mass is 10.0. The van der Waals surface area contributed by atoms with Gasteiger partial charge in [0.2, 0.25) is 0 Å². The van der Waals surface area contributed by atoms with E-state index in [9.17, 15) is 4.79 Å². The number of nitrogens with one attached hydrogen (secondary N) is 1. The van der Waals surface area contributed by atoms with Gasteiger partial charge in [-0.2, -0.15) is 0 Å². The SMILES string of the molecule is C.CCCCCCCCCCCCCCCCCC(CCCCCCCCCC)OC(=O)NCCCOCCOC. The molecular weight excluding hydrogens is 510 g/mol. The lowest BCUT2D eigenvalue weighted by Gasteiger charge is -2.18. The number of ether oxygens (including phenoxy) is 3. The predicted octanol–water partition coefficient (Wildman–Crippen LogP) is 11.6. The molecule has 1 N–H and O–H groups in total. The van der Waals surface area contributed by atoms with Crippen LogP contribution in [-0.2, 0) is 14.2 Å². The van der Waals surface area contributed by atoms with Gasteiger partial charge in [-0.15, -0.1) is 0 Å². The third kappa shape index (κ3) is 35.3. The first-order valence-corrected chi connectivity index (χ1v) is 17.8. The molecule has 248 valence electrons. The number of hydrogen-bond donors (Lipinski definition) is 1. The Balaban J connectivity index is 0. The van der Waals surface area contributed by atoms with Crippen molar-refractivity contribution in [2.24, 2.45) is 0 Å². The van der Waals surface area contributed by atoms with Crippen molar-refractivity contribution in [1.29, 1.82) is 0 Å². The Morgan fingerprint density at radius 1 is 0.537 bits per heavy atom. The van der Waals surface area contributed by atoms with Crippen molar-refractivity contribution in [3.05, 3.63) is 0 Å². The second kappa shape index (κ2) is 37.2. The normalized spacial score (nSPS) is 11.8. The monoisotopic (exact) mass is 586 g/mol. The summed E-state index contributed by atoms with van der Waals surface area (Å²) in [6.45, 7) is 6.99. The van der Waals surface area contributed by atoms with E-state index in [1.807, 2.05) is 0 Å². The molecule has 0 aromatic carbocycles. The first-order chi connectivity index (χ1) is 19.7. The number of unbranched alkanes of at least 4 members (excludes halogenated alkanes) is 21. The molecule has 1 amide bonds. The average molecular weight is 586 g/mol. The van der Waals surface area contributed by atoms with Crippen LogP contribution in [0.25, 0.3) is 0 Å². The topological polar surface area (TPSA) is 56.8 Å². The minimum absolute atomic E-state index is 0. The molecule has 0 radical (unpaired) electrons. The van der Waals surface area contributed by atoms with Crippen LogP contribution < -0.4 is 5.32 Å². The molecular formula is C36H75NO4. The summed E-state index contributed by atoms with van der Waals surface area (Å²) < 4.78 is 16.3.